The van der Waals surface area contributed by atoms with E-state index in [9.17, 15) is 14.4 Å². The molecule has 4 nitrogen and oxygen atoms in total. The van der Waals surface area contributed by atoms with Gasteiger partial charge < -0.3 is 5.11 Å². The molecule has 0 aromatic heterocycles. The van der Waals surface area contributed by atoms with E-state index in [4.69, 9.17) is 5.11 Å². The third-order valence-corrected chi connectivity index (χ3v) is 4.04. The summed E-state index contributed by atoms with van der Waals surface area (Å²) in [5.74, 6) is -2.37. The predicted octanol–water partition coefficient (Wildman–Crippen LogP) is 1.04. The number of hydrogen-bond acceptors (Lipinski definition) is 3. The van der Waals surface area contributed by atoms with E-state index in [1.54, 1.807) is 0 Å². The minimum absolute atomic E-state index is 0.131. The van der Waals surface area contributed by atoms with Gasteiger partial charge in [-0.3, -0.25) is 14.4 Å². The Kier molecular flexibility index (Phi) is 2.17. The average Bonchev–Trinajstić information content (AvgIpc) is 2.44. The van der Waals surface area contributed by atoms with Crippen LogP contribution < -0.4 is 0 Å². The molecule has 0 aromatic carbocycles. The molecule has 15 heavy (non-hydrogen) atoms. The number of hydrogen-bond donors (Lipinski definition) is 1. The average molecular weight is 210 g/mol. The molecule has 0 aromatic rings. The highest BCUT2D eigenvalue weighted by Gasteiger charge is 2.55. The highest BCUT2D eigenvalue weighted by Crippen LogP contribution is 2.51. The number of rotatable bonds is 1. The Balaban J connectivity index is 2.37. The molecule has 0 heterocycles. The second-order valence-corrected chi connectivity index (χ2v) is 4.77. The molecule has 0 saturated heterocycles. The number of carboxylic acid groups (broad SMARTS) is 1. The molecule has 0 aliphatic heterocycles. The summed E-state index contributed by atoms with van der Waals surface area (Å²) in [6.07, 6.45) is 1.74. The molecule has 0 radical (unpaired) electrons. The fourth-order valence-corrected chi connectivity index (χ4v) is 3.03. The number of aliphatic carboxylic acids is 1. The van der Waals surface area contributed by atoms with Crippen LogP contribution in [0.5, 0.6) is 0 Å². The second-order valence-electron chi connectivity index (χ2n) is 4.77. The lowest BCUT2D eigenvalue weighted by Gasteiger charge is -2.37. The molecule has 2 aliphatic rings. The van der Waals surface area contributed by atoms with Crippen LogP contribution in [-0.4, -0.2) is 22.6 Å². The van der Waals surface area contributed by atoms with E-state index in [-0.39, 0.29) is 23.9 Å². The smallest absolute Gasteiger partial charge is 0.314 e. The summed E-state index contributed by atoms with van der Waals surface area (Å²) in [5.41, 5.74) is -0.559. The lowest BCUT2D eigenvalue weighted by atomic mass is 9.63. The third-order valence-electron chi connectivity index (χ3n) is 4.04. The van der Waals surface area contributed by atoms with Gasteiger partial charge in [-0.25, -0.2) is 0 Å². The predicted molar refractivity (Wildman–Crippen MR) is 51.2 cm³/mol. The zero-order valence-corrected chi connectivity index (χ0v) is 8.66. The maximum Gasteiger partial charge on any atom is 0.314 e. The molecule has 2 rings (SSSR count). The number of Topliss-reactive ketones (excluding diaryl/α,β-unsaturated/α-hetero) is 2. The Labute approximate surface area is 87.7 Å². The maximum absolute atomic E-state index is 11.7. The first kappa shape index (κ1) is 10.3. The standard InChI is InChI=1S/C11H14O4/c1-11-5-4-7(12)9(10(14)15)6(11)2-3-8(11)13/h6,9H,2-5H2,1H3,(H,14,15). The summed E-state index contributed by atoms with van der Waals surface area (Å²) in [5, 5.41) is 9.02. The molecule has 0 amide bonds. The van der Waals surface area contributed by atoms with Crippen LogP contribution in [0.4, 0.5) is 0 Å². The van der Waals surface area contributed by atoms with Gasteiger partial charge in [0.15, 0.2) is 0 Å². The van der Waals surface area contributed by atoms with Crippen LogP contribution in [0.2, 0.25) is 0 Å². The molecule has 2 saturated carbocycles. The minimum atomic E-state index is -1.06. The number of carboxylic acids is 1. The molecule has 0 bridgehead atoms. The Morgan fingerprint density at radius 2 is 2.07 bits per heavy atom. The zero-order chi connectivity index (χ0) is 11.2. The minimum Gasteiger partial charge on any atom is -0.481 e. The van der Waals surface area contributed by atoms with E-state index in [1.807, 2.05) is 6.92 Å². The van der Waals surface area contributed by atoms with E-state index in [0.29, 0.717) is 19.3 Å². The van der Waals surface area contributed by atoms with Crippen LogP contribution in [0.1, 0.15) is 32.6 Å². The van der Waals surface area contributed by atoms with Gasteiger partial charge >= 0.3 is 5.97 Å². The van der Waals surface area contributed by atoms with Crippen molar-refractivity contribution >= 4 is 17.5 Å². The zero-order valence-electron chi connectivity index (χ0n) is 8.66. The number of fused-ring (bicyclic) bond motifs is 1. The van der Waals surface area contributed by atoms with E-state index in [2.05, 4.69) is 0 Å². The van der Waals surface area contributed by atoms with Crippen LogP contribution in [0.3, 0.4) is 0 Å². The summed E-state index contributed by atoms with van der Waals surface area (Å²) in [4.78, 5) is 34.3. The summed E-state index contributed by atoms with van der Waals surface area (Å²) < 4.78 is 0. The molecule has 82 valence electrons. The molecule has 2 fully saturated rings. The molecule has 4 heteroatoms. The molecule has 3 atom stereocenters. The van der Waals surface area contributed by atoms with Gasteiger partial charge in [-0.2, -0.15) is 0 Å². The Hall–Kier alpha value is -1.19. The molecule has 0 spiro atoms. The summed E-state index contributed by atoms with van der Waals surface area (Å²) in [6, 6.07) is 0. The molecule has 1 N–H and O–H groups in total. The molecule has 3 unspecified atom stereocenters. The topological polar surface area (TPSA) is 71.4 Å². The monoisotopic (exact) mass is 210 g/mol. The Bertz CT molecular complexity index is 346. The molecular weight excluding hydrogens is 196 g/mol. The number of carbonyl (C=O) groups is 3. The van der Waals surface area contributed by atoms with Crippen molar-refractivity contribution in [2.45, 2.75) is 32.6 Å². The fourth-order valence-electron chi connectivity index (χ4n) is 3.03. The van der Waals surface area contributed by atoms with Crippen molar-refractivity contribution < 1.29 is 19.5 Å². The normalized spacial score (nSPS) is 40.3. The maximum atomic E-state index is 11.7. The summed E-state index contributed by atoms with van der Waals surface area (Å²) in [7, 11) is 0. The van der Waals surface area contributed by atoms with Gasteiger partial charge in [0.2, 0.25) is 0 Å². The van der Waals surface area contributed by atoms with Gasteiger partial charge in [-0.05, 0) is 18.8 Å². The highest BCUT2D eigenvalue weighted by molar-refractivity contribution is 6.02. The van der Waals surface area contributed by atoms with Crippen LogP contribution in [0.25, 0.3) is 0 Å². The van der Waals surface area contributed by atoms with Gasteiger partial charge in [-0.15, -0.1) is 0 Å². The fraction of sp³-hybridized carbons (Fsp3) is 0.727. The second kappa shape index (κ2) is 3.15. The van der Waals surface area contributed by atoms with Crippen molar-refractivity contribution in [2.75, 3.05) is 0 Å². The van der Waals surface area contributed by atoms with E-state index < -0.39 is 17.3 Å². The van der Waals surface area contributed by atoms with Crippen molar-refractivity contribution in [3.8, 4) is 0 Å². The van der Waals surface area contributed by atoms with Crippen molar-refractivity contribution in [3.05, 3.63) is 0 Å². The van der Waals surface area contributed by atoms with Crippen LogP contribution in [0, 0.1) is 17.3 Å². The molecule has 2 aliphatic carbocycles. The summed E-state index contributed by atoms with van der Waals surface area (Å²) >= 11 is 0. The summed E-state index contributed by atoms with van der Waals surface area (Å²) in [6.45, 7) is 1.81. The van der Waals surface area contributed by atoms with Crippen molar-refractivity contribution in [1.82, 2.24) is 0 Å². The van der Waals surface area contributed by atoms with Gasteiger partial charge in [0.05, 0.1) is 0 Å². The largest absolute Gasteiger partial charge is 0.481 e. The SMILES string of the molecule is CC12CCC(=O)C(C(=O)O)C1CCC2=O. The first-order chi connectivity index (χ1) is 6.97. The lowest BCUT2D eigenvalue weighted by molar-refractivity contribution is -0.154. The number of carbonyl (C=O) groups excluding carboxylic acids is 2. The van der Waals surface area contributed by atoms with Crippen molar-refractivity contribution in [3.63, 3.8) is 0 Å². The van der Waals surface area contributed by atoms with Crippen LogP contribution in [-0.2, 0) is 14.4 Å². The van der Waals surface area contributed by atoms with E-state index >= 15 is 0 Å². The number of ketones is 2. The highest BCUT2D eigenvalue weighted by atomic mass is 16.4. The van der Waals surface area contributed by atoms with Crippen molar-refractivity contribution in [1.29, 1.82) is 0 Å². The quantitative estimate of drug-likeness (QED) is 0.656. The Morgan fingerprint density at radius 3 is 2.67 bits per heavy atom. The van der Waals surface area contributed by atoms with E-state index in [0.717, 1.165) is 0 Å². The van der Waals surface area contributed by atoms with Gasteiger partial charge in [0, 0.05) is 18.3 Å². The third kappa shape index (κ3) is 1.31. The van der Waals surface area contributed by atoms with Crippen LogP contribution in [0.15, 0.2) is 0 Å². The molecular formula is C11H14O4. The first-order valence-corrected chi connectivity index (χ1v) is 5.25. The van der Waals surface area contributed by atoms with Gasteiger partial charge in [0.25, 0.3) is 0 Å². The Morgan fingerprint density at radius 1 is 1.40 bits per heavy atom. The van der Waals surface area contributed by atoms with E-state index in [1.165, 1.54) is 0 Å². The van der Waals surface area contributed by atoms with Gasteiger partial charge in [-0.1, -0.05) is 6.92 Å². The lowest BCUT2D eigenvalue weighted by Crippen LogP contribution is -2.45. The van der Waals surface area contributed by atoms with Crippen LogP contribution >= 0.6 is 0 Å². The van der Waals surface area contributed by atoms with Gasteiger partial charge in [0.1, 0.15) is 17.5 Å². The first-order valence-electron chi connectivity index (χ1n) is 5.25. The van der Waals surface area contributed by atoms with Crippen molar-refractivity contribution in [2.24, 2.45) is 17.3 Å².